The van der Waals surface area contributed by atoms with Crippen LogP contribution in [0.2, 0.25) is 0 Å². The number of ether oxygens (including phenoxy) is 4. The lowest BCUT2D eigenvalue weighted by molar-refractivity contribution is -0.122. The van der Waals surface area contributed by atoms with Crippen molar-refractivity contribution in [3.63, 3.8) is 0 Å². The number of rotatable bonds is 7. The molecule has 0 bridgehead atoms. The molecule has 0 atom stereocenters. The van der Waals surface area contributed by atoms with Gasteiger partial charge in [0.25, 0.3) is 11.8 Å². The lowest BCUT2D eigenvalue weighted by atomic mass is 10.1. The van der Waals surface area contributed by atoms with Crippen LogP contribution >= 0.6 is 12.2 Å². The molecule has 188 valence electrons. The van der Waals surface area contributed by atoms with Gasteiger partial charge in [-0.15, -0.1) is 0 Å². The van der Waals surface area contributed by atoms with Gasteiger partial charge in [-0.1, -0.05) is 24.3 Å². The van der Waals surface area contributed by atoms with Gasteiger partial charge >= 0.3 is 0 Å². The van der Waals surface area contributed by atoms with Gasteiger partial charge in [-0.3, -0.25) is 14.9 Å². The summed E-state index contributed by atoms with van der Waals surface area (Å²) < 4.78 is 36.8. The van der Waals surface area contributed by atoms with Crippen molar-refractivity contribution in [1.29, 1.82) is 0 Å². The lowest BCUT2D eigenvalue weighted by Gasteiger charge is -2.29. The van der Waals surface area contributed by atoms with Crippen LogP contribution in [0.3, 0.4) is 0 Å². The fourth-order valence-corrected chi connectivity index (χ4v) is 4.14. The van der Waals surface area contributed by atoms with Gasteiger partial charge in [0.05, 0.1) is 12.3 Å². The summed E-state index contributed by atoms with van der Waals surface area (Å²) in [6.45, 7) is 2.65. The van der Waals surface area contributed by atoms with Gasteiger partial charge in [0, 0.05) is 0 Å². The second-order valence-corrected chi connectivity index (χ2v) is 8.41. The van der Waals surface area contributed by atoms with Gasteiger partial charge in [0.15, 0.2) is 28.1 Å². The van der Waals surface area contributed by atoms with E-state index in [1.54, 1.807) is 24.3 Å². The molecule has 3 aromatic carbocycles. The molecule has 2 amide bonds. The van der Waals surface area contributed by atoms with Crippen LogP contribution < -0.4 is 29.2 Å². The minimum absolute atomic E-state index is 0.0503. The van der Waals surface area contributed by atoms with Crippen molar-refractivity contribution in [3.05, 3.63) is 83.2 Å². The van der Waals surface area contributed by atoms with E-state index in [-0.39, 0.29) is 29.8 Å². The smallest absolute Gasteiger partial charge is 0.270 e. The highest BCUT2D eigenvalue weighted by Gasteiger charge is 2.35. The summed E-state index contributed by atoms with van der Waals surface area (Å²) >= 11 is 5.14. The first-order chi connectivity index (χ1) is 17.9. The molecule has 0 aliphatic carbocycles. The number of hydrogen-bond acceptors (Lipinski definition) is 7. The number of amides is 2. The van der Waals surface area contributed by atoms with E-state index in [2.05, 4.69) is 5.32 Å². The van der Waals surface area contributed by atoms with Gasteiger partial charge in [-0.05, 0) is 72.7 Å². The van der Waals surface area contributed by atoms with Crippen LogP contribution in [-0.4, -0.2) is 30.3 Å². The van der Waals surface area contributed by atoms with Crippen molar-refractivity contribution in [2.75, 3.05) is 18.3 Å². The number of carbonyl (C=O) groups excluding carboxylic acids is 2. The molecule has 3 aromatic rings. The Morgan fingerprint density at radius 2 is 1.84 bits per heavy atom. The van der Waals surface area contributed by atoms with Crippen LogP contribution in [0.1, 0.15) is 18.1 Å². The topological polar surface area (TPSA) is 86.3 Å². The highest BCUT2D eigenvalue weighted by atomic mass is 32.1. The molecule has 0 spiro atoms. The maximum Gasteiger partial charge on any atom is 0.270 e. The van der Waals surface area contributed by atoms with Crippen molar-refractivity contribution < 1.29 is 32.9 Å². The molecule has 0 radical (unpaired) electrons. The minimum atomic E-state index is -0.736. The molecule has 2 aliphatic rings. The van der Waals surface area contributed by atoms with Gasteiger partial charge in [0.1, 0.15) is 18.0 Å². The quantitative estimate of drug-likeness (QED) is 0.281. The number of para-hydroxylation sites is 1. The van der Waals surface area contributed by atoms with Gasteiger partial charge in [-0.2, -0.15) is 0 Å². The Bertz CT molecular complexity index is 1440. The molecule has 1 fully saturated rings. The molecule has 37 heavy (non-hydrogen) atoms. The first-order valence-corrected chi connectivity index (χ1v) is 11.8. The molecule has 10 heteroatoms. The zero-order chi connectivity index (χ0) is 25.9. The normalized spacial score (nSPS) is 15.7. The number of anilines is 1. The fraction of sp³-hybridized carbons (Fsp3) is 0.148. The molecule has 8 nitrogen and oxygen atoms in total. The molecule has 2 heterocycles. The van der Waals surface area contributed by atoms with Crippen LogP contribution in [0.4, 0.5) is 10.1 Å². The number of nitrogens with zero attached hydrogens (tertiary/aromatic N) is 1. The third kappa shape index (κ3) is 4.96. The molecule has 0 unspecified atom stereocenters. The molecule has 0 aromatic heterocycles. The van der Waals surface area contributed by atoms with E-state index in [9.17, 15) is 14.0 Å². The van der Waals surface area contributed by atoms with Crippen molar-refractivity contribution in [2.45, 2.75) is 13.5 Å². The third-order valence-electron chi connectivity index (χ3n) is 5.60. The lowest BCUT2D eigenvalue weighted by Crippen LogP contribution is -2.54. The van der Waals surface area contributed by atoms with E-state index in [1.807, 2.05) is 25.1 Å². The Morgan fingerprint density at radius 1 is 1.03 bits per heavy atom. The van der Waals surface area contributed by atoms with Gasteiger partial charge < -0.3 is 18.9 Å². The number of hydrogen-bond donors (Lipinski definition) is 1. The maximum atomic E-state index is 14.4. The number of nitrogens with one attached hydrogen (secondary N) is 1. The summed E-state index contributed by atoms with van der Waals surface area (Å²) in [6.07, 6.45) is 1.40. The Hall–Kier alpha value is -4.44. The van der Waals surface area contributed by atoms with E-state index in [1.165, 1.54) is 24.3 Å². The third-order valence-corrected chi connectivity index (χ3v) is 5.89. The van der Waals surface area contributed by atoms with Crippen LogP contribution in [0.25, 0.3) is 6.08 Å². The molecule has 0 saturated carbocycles. The zero-order valence-electron chi connectivity index (χ0n) is 19.7. The summed E-state index contributed by atoms with van der Waals surface area (Å²) in [4.78, 5) is 26.8. The minimum Gasteiger partial charge on any atom is -0.490 e. The Labute approximate surface area is 217 Å². The maximum absolute atomic E-state index is 14.4. The van der Waals surface area contributed by atoms with E-state index >= 15 is 0 Å². The summed E-state index contributed by atoms with van der Waals surface area (Å²) in [5.41, 5.74) is 1.14. The highest BCUT2D eigenvalue weighted by Crippen LogP contribution is 2.34. The van der Waals surface area contributed by atoms with Crippen LogP contribution in [0.15, 0.2) is 66.2 Å². The number of thiocarbonyl (C=S) groups is 1. The van der Waals surface area contributed by atoms with Crippen LogP contribution in [0, 0.1) is 5.82 Å². The van der Waals surface area contributed by atoms with Crippen LogP contribution in [0.5, 0.6) is 23.0 Å². The molecule has 1 saturated heterocycles. The summed E-state index contributed by atoms with van der Waals surface area (Å²) in [6, 6.07) is 16.3. The first kappa shape index (κ1) is 24.3. The van der Waals surface area contributed by atoms with Gasteiger partial charge in [-0.25, -0.2) is 9.29 Å². The predicted octanol–water partition coefficient (Wildman–Crippen LogP) is 4.36. The first-order valence-electron chi connectivity index (χ1n) is 11.4. The molecular weight excluding hydrogens is 499 g/mol. The van der Waals surface area contributed by atoms with E-state index < -0.39 is 17.6 Å². The van der Waals surface area contributed by atoms with Gasteiger partial charge in [0.2, 0.25) is 6.79 Å². The van der Waals surface area contributed by atoms with Crippen LogP contribution in [-0.2, 0) is 16.2 Å². The number of benzene rings is 3. The van der Waals surface area contributed by atoms with Crippen molar-refractivity contribution in [3.8, 4) is 23.0 Å². The summed E-state index contributed by atoms with van der Waals surface area (Å²) in [5.74, 6) is 0.206. The molecule has 1 N–H and O–H groups in total. The molecule has 2 aliphatic heterocycles. The number of fused-ring (bicyclic) bond motifs is 1. The van der Waals surface area contributed by atoms with E-state index in [0.717, 1.165) is 10.5 Å². The van der Waals surface area contributed by atoms with Crippen molar-refractivity contribution in [1.82, 2.24) is 5.32 Å². The number of halogens is 1. The SMILES string of the molecule is CCOc1cc(/C=C2\C(=O)NC(=S)N(c3ccccc3F)C2=O)ccc1OCc1ccc2c(c1)OCO2. The second-order valence-electron chi connectivity index (χ2n) is 8.02. The number of carbonyl (C=O) groups is 2. The largest absolute Gasteiger partial charge is 0.490 e. The van der Waals surface area contributed by atoms with Crippen molar-refractivity contribution >= 4 is 40.9 Å². The Morgan fingerprint density at radius 3 is 2.65 bits per heavy atom. The monoisotopic (exact) mass is 520 g/mol. The molecule has 5 rings (SSSR count). The average molecular weight is 521 g/mol. The summed E-state index contributed by atoms with van der Waals surface area (Å²) in [7, 11) is 0. The second kappa shape index (κ2) is 10.3. The van der Waals surface area contributed by atoms with Crippen molar-refractivity contribution in [2.24, 2.45) is 0 Å². The zero-order valence-corrected chi connectivity index (χ0v) is 20.5. The standard InChI is InChI=1S/C27H21FN2O6S/c1-2-33-23-12-16(7-9-21(23)34-14-17-8-10-22-24(13-17)36-15-35-22)11-18-25(31)29-27(37)30(26(18)32)20-6-4-3-5-19(20)28/h3-13H,2,14-15H2,1H3,(H,29,31,37)/b18-11+. The van der Waals surface area contributed by atoms with E-state index in [0.29, 0.717) is 35.2 Å². The summed E-state index contributed by atoms with van der Waals surface area (Å²) in [5, 5.41) is 2.26. The predicted molar refractivity (Wildman–Crippen MR) is 137 cm³/mol. The Kier molecular flexibility index (Phi) is 6.74. The fourth-order valence-electron chi connectivity index (χ4n) is 3.87. The molecular formula is C27H21FN2O6S. The average Bonchev–Trinajstić information content (AvgIpc) is 3.35. The van der Waals surface area contributed by atoms with E-state index in [4.69, 9.17) is 31.2 Å². The Balaban J connectivity index is 1.40. The highest BCUT2D eigenvalue weighted by molar-refractivity contribution is 7.80.